The molecule has 0 bridgehead atoms. The van der Waals surface area contributed by atoms with Gasteiger partial charge in [-0.3, -0.25) is 19.3 Å². The van der Waals surface area contributed by atoms with E-state index >= 15 is 0 Å². The average molecular weight is 616 g/mol. The molecule has 1 aromatic rings. The van der Waals surface area contributed by atoms with E-state index in [1.54, 1.807) is 13.0 Å². The second-order valence-corrected chi connectivity index (χ2v) is 12.2. The number of piperidine rings is 1. The van der Waals surface area contributed by atoms with Crippen molar-refractivity contribution in [1.29, 1.82) is 0 Å². The van der Waals surface area contributed by atoms with Crippen molar-refractivity contribution in [3.63, 3.8) is 0 Å². The fourth-order valence-corrected chi connectivity index (χ4v) is 6.66. The van der Waals surface area contributed by atoms with Crippen LogP contribution < -0.4 is 10.6 Å². The summed E-state index contributed by atoms with van der Waals surface area (Å²) in [6.45, 7) is 14.5. The van der Waals surface area contributed by atoms with Crippen molar-refractivity contribution in [1.82, 2.24) is 35.3 Å². The van der Waals surface area contributed by atoms with Crippen LogP contribution in [0.4, 0.5) is 0 Å². The Morgan fingerprint density at radius 1 is 1.24 bits per heavy atom. The lowest BCUT2D eigenvalue weighted by Gasteiger charge is -2.33. The van der Waals surface area contributed by atoms with E-state index in [-0.39, 0.29) is 30.0 Å². The number of imide groups is 1. The summed E-state index contributed by atoms with van der Waals surface area (Å²) in [5, 5.41) is 16.8. The average Bonchev–Trinajstić information content (AvgIpc) is 3.68. The standard InChI is InChI=1S/C34H45N7O4/c1-6-9-10-29-22(7-2)11-16-40(29)20-24(42)19-36-21(4)30(32(43)35-8-3)31-37-27-17-25-26(18-28(27)38-31)34(45)41(33(25)44)23-12-14-39(5)15-13-23/h7-10,17,23-24,26,36,42H,2-3,6,11-16,18-20H2,1,4-5H3,(H,35,43)(H,37,38)/b10-9-,30-21+. The minimum atomic E-state index is -0.712. The van der Waals surface area contributed by atoms with E-state index in [9.17, 15) is 19.5 Å². The molecule has 240 valence electrons. The minimum absolute atomic E-state index is 0.0827. The molecular weight excluding hydrogens is 570 g/mol. The van der Waals surface area contributed by atoms with Crippen molar-refractivity contribution < 1.29 is 19.5 Å². The van der Waals surface area contributed by atoms with Crippen LogP contribution in [0.2, 0.25) is 0 Å². The summed E-state index contributed by atoms with van der Waals surface area (Å²) in [5.74, 6) is -1.05. The maximum absolute atomic E-state index is 13.4. The highest BCUT2D eigenvalue weighted by atomic mass is 16.3. The number of aromatic amines is 1. The first kappa shape index (κ1) is 32.2. The molecule has 11 heteroatoms. The van der Waals surface area contributed by atoms with Gasteiger partial charge in [-0.2, -0.15) is 0 Å². The Morgan fingerprint density at radius 2 is 2.00 bits per heavy atom. The van der Waals surface area contributed by atoms with Crippen LogP contribution in [-0.4, -0.2) is 99.4 Å². The third-order valence-electron chi connectivity index (χ3n) is 9.13. The quantitative estimate of drug-likeness (QED) is 0.208. The van der Waals surface area contributed by atoms with Gasteiger partial charge in [0.25, 0.3) is 11.8 Å². The van der Waals surface area contributed by atoms with Gasteiger partial charge >= 0.3 is 0 Å². The predicted octanol–water partition coefficient (Wildman–Crippen LogP) is 2.48. The summed E-state index contributed by atoms with van der Waals surface area (Å²) in [7, 11) is 2.05. The molecule has 4 N–H and O–H groups in total. The largest absolute Gasteiger partial charge is 0.389 e. The summed E-state index contributed by atoms with van der Waals surface area (Å²) < 4.78 is 0. The van der Waals surface area contributed by atoms with E-state index in [1.807, 2.05) is 13.1 Å². The molecule has 2 fully saturated rings. The topological polar surface area (TPSA) is 134 Å². The fraction of sp³-hybridized carbons (Fsp3) is 0.471. The van der Waals surface area contributed by atoms with E-state index < -0.39 is 17.9 Å². The number of hydrogen-bond donors (Lipinski definition) is 4. The highest BCUT2D eigenvalue weighted by Gasteiger charge is 2.48. The van der Waals surface area contributed by atoms with Gasteiger partial charge in [-0.1, -0.05) is 32.2 Å². The van der Waals surface area contributed by atoms with Crippen molar-refractivity contribution in [2.75, 3.05) is 39.8 Å². The van der Waals surface area contributed by atoms with Crippen LogP contribution in [0.5, 0.6) is 0 Å². The molecule has 0 radical (unpaired) electrons. The van der Waals surface area contributed by atoms with Crippen molar-refractivity contribution in [3.8, 4) is 0 Å². The Balaban J connectivity index is 1.33. The molecule has 4 heterocycles. The summed E-state index contributed by atoms with van der Waals surface area (Å²) >= 11 is 0. The fourth-order valence-electron chi connectivity index (χ4n) is 6.66. The van der Waals surface area contributed by atoms with Gasteiger partial charge in [-0.25, -0.2) is 4.98 Å². The molecule has 2 unspecified atom stereocenters. The first-order valence-electron chi connectivity index (χ1n) is 15.8. The molecular formula is C34H45N7O4. The number of H-pyrrole nitrogens is 1. The van der Waals surface area contributed by atoms with E-state index in [4.69, 9.17) is 4.98 Å². The molecule has 1 aliphatic carbocycles. The summed E-state index contributed by atoms with van der Waals surface area (Å²) in [6, 6.07) is -0.0827. The van der Waals surface area contributed by atoms with E-state index in [1.165, 1.54) is 11.1 Å². The number of nitrogens with one attached hydrogen (secondary N) is 3. The molecule has 45 heavy (non-hydrogen) atoms. The molecule has 0 spiro atoms. The molecule has 1 aromatic heterocycles. The number of nitrogens with zero attached hydrogens (tertiary/aromatic N) is 4. The summed E-state index contributed by atoms with van der Waals surface area (Å²) in [4.78, 5) is 53.9. The second kappa shape index (κ2) is 13.8. The van der Waals surface area contributed by atoms with Crippen molar-refractivity contribution >= 4 is 29.4 Å². The molecule has 4 aliphatic rings. The normalized spacial score (nSPS) is 22.0. The number of fused-ring (bicyclic) bond motifs is 2. The Hall–Kier alpha value is -4.22. The zero-order valence-corrected chi connectivity index (χ0v) is 26.6. The third kappa shape index (κ3) is 6.60. The molecule has 3 amide bonds. The Morgan fingerprint density at radius 3 is 2.69 bits per heavy atom. The van der Waals surface area contributed by atoms with Crippen LogP contribution in [0.25, 0.3) is 11.6 Å². The van der Waals surface area contributed by atoms with Crippen molar-refractivity contribution in [3.05, 3.63) is 77.3 Å². The lowest BCUT2D eigenvalue weighted by molar-refractivity contribution is -0.142. The monoisotopic (exact) mass is 615 g/mol. The maximum Gasteiger partial charge on any atom is 0.260 e. The number of aliphatic hydroxyl groups is 1. The number of likely N-dealkylation sites (tertiary alicyclic amines) is 2. The van der Waals surface area contributed by atoms with Crippen molar-refractivity contribution in [2.24, 2.45) is 5.92 Å². The maximum atomic E-state index is 13.4. The number of β-amino-alcohol motifs (C(OH)–C–C–N with tert-alkyl or cyclic N) is 1. The molecule has 0 aromatic carbocycles. The number of imidazole rings is 1. The Bertz CT molecular complexity index is 1490. The number of amides is 3. The summed E-state index contributed by atoms with van der Waals surface area (Å²) in [5.41, 5.74) is 4.73. The Labute approximate surface area is 265 Å². The SMILES string of the molecule is C=CNC(=O)/C(=C(\C)NCC(O)CN1CCC(C=C)=C1/C=C\CC)c1nc2c([nH]1)CC1C(=O)N(C3CCN(C)CC3)C(=O)C1=C2. The first-order chi connectivity index (χ1) is 21.7. The van der Waals surface area contributed by atoms with Gasteiger partial charge < -0.3 is 30.5 Å². The van der Waals surface area contributed by atoms with Gasteiger partial charge in [0, 0.05) is 54.8 Å². The third-order valence-corrected chi connectivity index (χ3v) is 9.13. The number of aromatic nitrogens is 2. The zero-order valence-electron chi connectivity index (χ0n) is 26.6. The van der Waals surface area contributed by atoms with E-state index in [0.717, 1.165) is 56.6 Å². The lowest BCUT2D eigenvalue weighted by Crippen LogP contribution is -2.46. The van der Waals surface area contributed by atoms with Crippen molar-refractivity contribution in [2.45, 2.75) is 58.1 Å². The lowest BCUT2D eigenvalue weighted by atomic mass is 9.90. The molecule has 2 atom stereocenters. The number of carbonyl (C=O) groups excluding carboxylic acids is 3. The van der Waals surface area contributed by atoms with Crippen LogP contribution in [0.15, 0.2) is 60.1 Å². The molecule has 3 aliphatic heterocycles. The zero-order chi connectivity index (χ0) is 32.2. The highest BCUT2D eigenvalue weighted by molar-refractivity contribution is 6.20. The van der Waals surface area contributed by atoms with Gasteiger partial charge in [0.1, 0.15) is 11.4 Å². The van der Waals surface area contributed by atoms with Gasteiger partial charge in [0.2, 0.25) is 5.91 Å². The van der Waals surface area contributed by atoms with Gasteiger partial charge in [-0.15, -0.1) is 0 Å². The molecule has 0 saturated carbocycles. The van der Waals surface area contributed by atoms with Crippen LogP contribution >= 0.6 is 0 Å². The van der Waals surface area contributed by atoms with Crippen LogP contribution in [0, 0.1) is 5.92 Å². The number of aliphatic hydroxyl groups excluding tert-OH is 1. The predicted molar refractivity (Wildman–Crippen MR) is 174 cm³/mol. The van der Waals surface area contributed by atoms with Crippen LogP contribution in [0.1, 0.15) is 56.7 Å². The highest BCUT2D eigenvalue weighted by Crippen LogP contribution is 2.38. The van der Waals surface area contributed by atoms with Crippen LogP contribution in [-0.2, 0) is 20.8 Å². The molecule has 2 saturated heterocycles. The van der Waals surface area contributed by atoms with Gasteiger partial charge in [0.15, 0.2) is 0 Å². The minimum Gasteiger partial charge on any atom is -0.389 e. The van der Waals surface area contributed by atoms with Crippen LogP contribution in [0.3, 0.4) is 0 Å². The smallest absolute Gasteiger partial charge is 0.260 e. The van der Waals surface area contributed by atoms with Gasteiger partial charge in [-0.05, 0) is 76.7 Å². The first-order valence-corrected chi connectivity index (χ1v) is 15.8. The van der Waals surface area contributed by atoms with E-state index in [0.29, 0.717) is 41.4 Å². The second-order valence-electron chi connectivity index (χ2n) is 12.2. The Kier molecular flexibility index (Phi) is 9.89. The van der Waals surface area contributed by atoms with E-state index in [2.05, 4.69) is 57.7 Å². The number of rotatable bonds is 12. The number of allylic oxidation sites excluding steroid dienone is 4. The number of carbonyl (C=O) groups is 3. The van der Waals surface area contributed by atoms with Gasteiger partial charge in [0.05, 0.1) is 17.7 Å². The molecule has 11 nitrogen and oxygen atoms in total. The summed E-state index contributed by atoms with van der Waals surface area (Å²) in [6.07, 6.45) is 12.0. The molecule has 5 rings (SSSR count). The number of hydrogen-bond acceptors (Lipinski definition) is 8.